The van der Waals surface area contributed by atoms with Gasteiger partial charge in [0.15, 0.2) is 0 Å². The van der Waals surface area contributed by atoms with Gasteiger partial charge in [-0.25, -0.2) is 4.79 Å². The minimum absolute atomic E-state index is 0.101. The third-order valence-corrected chi connectivity index (χ3v) is 5.77. The van der Waals surface area contributed by atoms with Crippen LogP contribution in [0.25, 0.3) is 0 Å². The van der Waals surface area contributed by atoms with Crippen LogP contribution in [0.2, 0.25) is 0 Å². The van der Waals surface area contributed by atoms with E-state index in [1.807, 2.05) is 6.92 Å². The molecule has 0 aromatic rings. The summed E-state index contributed by atoms with van der Waals surface area (Å²) in [6.45, 7) is 10.1. The van der Waals surface area contributed by atoms with E-state index in [9.17, 15) is 9.90 Å². The van der Waals surface area contributed by atoms with Gasteiger partial charge in [-0.1, -0.05) is 24.3 Å². The lowest BCUT2D eigenvalue weighted by molar-refractivity contribution is -0.142. The van der Waals surface area contributed by atoms with Gasteiger partial charge < -0.3 is 14.6 Å². The molecular weight excluding hydrogens is 304 g/mol. The van der Waals surface area contributed by atoms with E-state index in [2.05, 4.69) is 32.6 Å². The largest absolute Gasteiger partial charge is 0.455 e. The molecule has 0 bridgehead atoms. The van der Waals surface area contributed by atoms with Gasteiger partial charge in [0.05, 0.1) is 11.7 Å². The highest BCUT2D eigenvalue weighted by atomic mass is 16.6. The normalized spacial score (nSPS) is 45.0. The van der Waals surface area contributed by atoms with E-state index in [4.69, 9.17) is 9.47 Å². The molecule has 2 aliphatic heterocycles. The number of aliphatic hydroxyl groups is 1. The van der Waals surface area contributed by atoms with Crippen molar-refractivity contribution in [3.05, 3.63) is 35.5 Å². The Morgan fingerprint density at radius 3 is 2.79 bits per heavy atom. The van der Waals surface area contributed by atoms with Crippen molar-refractivity contribution in [3.63, 3.8) is 0 Å². The van der Waals surface area contributed by atoms with E-state index in [-0.39, 0.29) is 23.6 Å². The summed E-state index contributed by atoms with van der Waals surface area (Å²) in [5.74, 6) is -0.566. The van der Waals surface area contributed by atoms with Crippen LogP contribution >= 0.6 is 0 Å². The maximum Gasteiger partial charge on any atom is 0.334 e. The number of carbonyl (C=O) groups is 1. The lowest BCUT2D eigenvalue weighted by Crippen LogP contribution is -2.33. The van der Waals surface area contributed by atoms with Gasteiger partial charge in [0, 0.05) is 11.5 Å². The third kappa shape index (κ3) is 3.35. The number of hydrogen-bond acceptors (Lipinski definition) is 4. The average molecular weight is 332 g/mol. The van der Waals surface area contributed by atoms with Crippen LogP contribution in [0.5, 0.6) is 0 Å². The fraction of sp³-hybridized carbons (Fsp3) is 0.650. The summed E-state index contributed by atoms with van der Waals surface area (Å²) in [7, 11) is 0. The zero-order valence-electron chi connectivity index (χ0n) is 14.9. The molecule has 1 N–H and O–H groups in total. The van der Waals surface area contributed by atoms with Gasteiger partial charge in [-0.3, -0.25) is 0 Å². The minimum atomic E-state index is -0.782. The van der Waals surface area contributed by atoms with Crippen molar-refractivity contribution in [2.45, 2.75) is 76.8 Å². The van der Waals surface area contributed by atoms with E-state index in [0.29, 0.717) is 12.0 Å². The standard InChI is InChI=1S/C20H28O4/c1-12-7-5-9-13(2)17(21)18-15(14(3)19(22)23-18)11-16-20(4,24-16)10-6-8-12/h8-9,15-18,21H,3,5-7,10-11H2,1-2,4H3/b12-8+,13-9+/t15-,16+,17-,18-,20-/m1/s1. The fourth-order valence-corrected chi connectivity index (χ4v) is 3.85. The van der Waals surface area contributed by atoms with Gasteiger partial charge in [-0.2, -0.15) is 0 Å². The summed E-state index contributed by atoms with van der Waals surface area (Å²) in [4.78, 5) is 12.0. The Hall–Kier alpha value is -1.39. The summed E-state index contributed by atoms with van der Waals surface area (Å²) < 4.78 is 11.4. The van der Waals surface area contributed by atoms with Crippen LogP contribution in [-0.2, 0) is 14.3 Å². The molecule has 0 aromatic carbocycles. The molecule has 132 valence electrons. The Bertz CT molecular complexity index is 603. The molecule has 24 heavy (non-hydrogen) atoms. The molecule has 0 aromatic heterocycles. The number of esters is 1. The predicted molar refractivity (Wildman–Crippen MR) is 92.4 cm³/mol. The number of rotatable bonds is 0. The minimum Gasteiger partial charge on any atom is -0.455 e. The van der Waals surface area contributed by atoms with Crippen molar-refractivity contribution < 1.29 is 19.4 Å². The van der Waals surface area contributed by atoms with Gasteiger partial charge in [0.2, 0.25) is 0 Å². The molecule has 2 heterocycles. The van der Waals surface area contributed by atoms with Crippen LogP contribution in [0, 0.1) is 5.92 Å². The van der Waals surface area contributed by atoms with E-state index < -0.39 is 12.2 Å². The van der Waals surface area contributed by atoms with Gasteiger partial charge in [0.25, 0.3) is 0 Å². The van der Waals surface area contributed by atoms with Crippen molar-refractivity contribution in [3.8, 4) is 0 Å². The molecule has 5 atom stereocenters. The molecule has 0 saturated carbocycles. The first-order valence-corrected chi connectivity index (χ1v) is 8.90. The molecule has 3 rings (SSSR count). The molecule has 4 nitrogen and oxygen atoms in total. The van der Waals surface area contributed by atoms with Crippen LogP contribution in [0.3, 0.4) is 0 Å². The number of ether oxygens (including phenoxy) is 2. The molecule has 0 spiro atoms. The monoisotopic (exact) mass is 332 g/mol. The van der Waals surface area contributed by atoms with Crippen LogP contribution in [0.1, 0.15) is 52.9 Å². The molecule has 2 fully saturated rings. The van der Waals surface area contributed by atoms with Crippen molar-refractivity contribution >= 4 is 5.97 Å². The third-order valence-electron chi connectivity index (χ3n) is 5.77. The van der Waals surface area contributed by atoms with E-state index >= 15 is 0 Å². The van der Waals surface area contributed by atoms with Crippen molar-refractivity contribution in [1.29, 1.82) is 0 Å². The lowest BCUT2D eigenvalue weighted by atomic mass is 9.84. The summed E-state index contributed by atoms with van der Waals surface area (Å²) in [5.41, 5.74) is 2.56. The maximum atomic E-state index is 12.0. The second-order valence-corrected chi connectivity index (χ2v) is 7.68. The summed E-state index contributed by atoms with van der Waals surface area (Å²) in [5, 5.41) is 10.7. The molecule has 0 radical (unpaired) electrons. The molecule has 0 unspecified atom stereocenters. The fourth-order valence-electron chi connectivity index (χ4n) is 3.85. The lowest BCUT2D eigenvalue weighted by Gasteiger charge is -2.24. The summed E-state index contributed by atoms with van der Waals surface area (Å²) in [6.07, 6.45) is 7.64. The number of hydrogen-bond donors (Lipinski definition) is 1. The molecule has 1 aliphatic carbocycles. The van der Waals surface area contributed by atoms with Crippen molar-refractivity contribution in [1.82, 2.24) is 0 Å². The molecule has 2 saturated heterocycles. The maximum absolute atomic E-state index is 12.0. The SMILES string of the molecule is C=C1C(=O)O[C@@H]2[C@@H]1C[C@@H]1O[C@]1(C)CC/C=C(\C)CC/C=C(\C)[C@H]2O. The Morgan fingerprint density at radius 1 is 1.29 bits per heavy atom. The highest BCUT2D eigenvalue weighted by Gasteiger charge is 2.55. The zero-order valence-corrected chi connectivity index (χ0v) is 14.9. The predicted octanol–water partition coefficient (Wildman–Crippen LogP) is 3.46. The van der Waals surface area contributed by atoms with Crippen LogP contribution < -0.4 is 0 Å². The number of fused-ring (bicyclic) bond motifs is 2. The van der Waals surface area contributed by atoms with E-state index in [1.54, 1.807) is 0 Å². The topological polar surface area (TPSA) is 59.1 Å². The first-order valence-electron chi connectivity index (χ1n) is 8.90. The Morgan fingerprint density at radius 2 is 2.04 bits per heavy atom. The molecule has 0 amide bonds. The van der Waals surface area contributed by atoms with Crippen molar-refractivity contribution in [2.75, 3.05) is 0 Å². The smallest absolute Gasteiger partial charge is 0.334 e. The average Bonchev–Trinajstić information content (AvgIpc) is 3.08. The zero-order chi connectivity index (χ0) is 17.5. The Labute approximate surface area is 144 Å². The van der Waals surface area contributed by atoms with Crippen LogP contribution in [0.15, 0.2) is 35.5 Å². The molecule has 4 heteroatoms. The van der Waals surface area contributed by atoms with Crippen LogP contribution in [0.4, 0.5) is 0 Å². The number of aliphatic hydroxyl groups excluding tert-OH is 1. The van der Waals surface area contributed by atoms with Gasteiger partial charge in [0.1, 0.15) is 12.2 Å². The van der Waals surface area contributed by atoms with Gasteiger partial charge in [-0.15, -0.1) is 0 Å². The summed E-state index contributed by atoms with van der Waals surface area (Å²) >= 11 is 0. The second kappa shape index (κ2) is 6.49. The first-order chi connectivity index (χ1) is 11.3. The quantitative estimate of drug-likeness (QED) is 0.319. The van der Waals surface area contributed by atoms with E-state index in [0.717, 1.165) is 31.3 Å². The van der Waals surface area contributed by atoms with Crippen molar-refractivity contribution in [2.24, 2.45) is 5.92 Å². The highest BCUT2D eigenvalue weighted by molar-refractivity contribution is 5.91. The first kappa shape index (κ1) is 17.4. The van der Waals surface area contributed by atoms with Gasteiger partial charge in [-0.05, 0) is 58.4 Å². The Kier molecular flexibility index (Phi) is 4.71. The van der Waals surface area contributed by atoms with E-state index in [1.165, 1.54) is 5.57 Å². The summed E-state index contributed by atoms with van der Waals surface area (Å²) in [6, 6.07) is 0. The number of allylic oxidation sites excluding steroid dienone is 3. The number of carbonyl (C=O) groups excluding carboxylic acids is 1. The molecular formula is C20H28O4. The Balaban J connectivity index is 1.84. The molecule has 3 aliphatic rings. The van der Waals surface area contributed by atoms with Crippen LogP contribution in [-0.4, -0.2) is 35.0 Å². The number of epoxide rings is 1. The second-order valence-electron chi connectivity index (χ2n) is 7.68. The highest BCUT2D eigenvalue weighted by Crippen LogP contribution is 2.47. The van der Waals surface area contributed by atoms with Gasteiger partial charge >= 0.3 is 5.97 Å².